The number of aliphatic hydroxyl groups excluding tert-OH is 1. The first-order valence-electron chi connectivity index (χ1n) is 6.32. The van der Waals surface area contributed by atoms with Gasteiger partial charge in [-0.3, -0.25) is 0 Å². The predicted octanol–water partition coefficient (Wildman–Crippen LogP) is -0.555. The summed E-state index contributed by atoms with van der Waals surface area (Å²) in [4.78, 5) is 20.8. The van der Waals surface area contributed by atoms with Gasteiger partial charge in [-0.15, -0.1) is 0 Å². The van der Waals surface area contributed by atoms with E-state index in [9.17, 15) is 24.9 Å². The molecule has 2 atom stereocenters. The van der Waals surface area contributed by atoms with Crippen LogP contribution in [-0.2, 0) is 9.59 Å². The number of benzene rings is 1. The van der Waals surface area contributed by atoms with Crippen LogP contribution in [0.2, 0.25) is 0 Å². The maximum Gasteiger partial charge on any atom is 0.0789 e. The van der Waals surface area contributed by atoms with Gasteiger partial charge in [-0.2, -0.15) is 23.5 Å². The van der Waals surface area contributed by atoms with Crippen molar-refractivity contribution in [3.8, 4) is 0 Å². The summed E-state index contributed by atoms with van der Waals surface area (Å²) in [6.07, 6.45) is -0.865. The Balaban J connectivity index is 2.62. The van der Waals surface area contributed by atoms with Gasteiger partial charge in [-0.05, 0) is 17.7 Å². The third kappa shape index (κ3) is 7.40. The van der Waals surface area contributed by atoms with Crippen molar-refractivity contribution < 1.29 is 24.9 Å². The molecule has 1 aromatic carbocycles. The molecule has 1 aromatic rings. The highest BCUT2D eigenvalue weighted by Gasteiger charge is 2.21. The molecule has 0 radical (unpaired) electrons. The number of hydrogen-bond acceptors (Lipinski definition) is 7. The number of carboxylic acids is 2. The van der Waals surface area contributed by atoms with E-state index in [1.807, 2.05) is 30.3 Å². The van der Waals surface area contributed by atoms with Crippen molar-refractivity contribution in [3.05, 3.63) is 35.9 Å². The van der Waals surface area contributed by atoms with Gasteiger partial charge in [0.05, 0.1) is 17.3 Å². The summed E-state index contributed by atoms with van der Waals surface area (Å²) >= 11 is 2.40. The minimum atomic E-state index is -1.17. The second-order valence-electron chi connectivity index (χ2n) is 4.28. The number of carbonyl (C=O) groups is 2. The molecule has 0 aliphatic carbocycles. The van der Waals surface area contributed by atoms with E-state index in [2.05, 4.69) is 0 Å². The van der Waals surface area contributed by atoms with Gasteiger partial charge in [0.25, 0.3) is 0 Å². The molecule has 0 aliphatic heterocycles. The van der Waals surface area contributed by atoms with Gasteiger partial charge in [0.2, 0.25) is 0 Å². The maximum absolute atomic E-state index is 10.5. The van der Waals surface area contributed by atoms with Crippen LogP contribution in [0, 0.1) is 0 Å². The Bertz CT molecular complexity index is 452. The number of aliphatic hydroxyl groups is 1. The van der Waals surface area contributed by atoms with Crippen LogP contribution < -0.4 is 10.2 Å². The molecule has 1 rings (SSSR count). The number of rotatable bonds is 10. The largest absolute Gasteiger partial charge is 0.550 e. The predicted molar refractivity (Wildman–Crippen MR) is 79.6 cm³/mol. The molecule has 2 unspecified atom stereocenters. The number of carbonyl (C=O) groups excluding carboxylic acids is 2. The highest BCUT2D eigenvalue weighted by Crippen LogP contribution is 2.33. The molecule has 0 spiro atoms. The van der Waals surface area contributed by atoms with Crippen LogP contribution >= 0.6 is 23.5 Å². The van der Waals surface area contributed by atoms with Crippen LogP contribution in [-0.4, -0.2) is 40.4 Å². The normalized spacial score (nSPS) is 13.6. The monoisotopic (exact) mass is 328 g/mol. The number of carboxylic acid groups (broad SMARTS) is 2. The zero-order chi connectivity index (χ0) is 15.7. The molecule has 0 saturated carbocycles. The van der Waals surface area contributed by atoms with Crippen LogP contribution in [0.3, 0.4) is 0 Å². The van der Waals surface area contributed by atoms with E-state index < -0.39 is 18.0 Å². The molecule has 5 nitrogen and oxygen atoms in total. The van der Waals surface area contributed by atoms with Gasteiger partial charge in [0.15, 0.2) is 0 Å². The molecule has 0 amide bonds. The average Bonchev–Trinajstić information content (AvgIpc) is 2.43. The first-order valence-corrected chi connectivity index (χ1v) is 8.53. The molecule has 0 bridgehead atoms. The third-order valence-electron chi connectivity index (χ3n) is 2.59. The minimum Gasteiger partial charge on any atom is -0.550 e. The molecule has 0 aliphatic rings. The summed E-state index contributed by atoms with van der Waals surface area (Å²) in [5.74, 6) is -1.92. The van der Waals surface area contributed by atoms with E-state index in [4.69, 9.17) is 0 Å². The van der Waals surface area contributed by atoms with Gasteiger partial charge >= 0.3 is 0 Å². The van der Waals surface area contributed by atoms with Crippen LogP contribution in [0.1, 0.15) is 17.2 Å². The van der Waals surface area contributed by atoms with E-state index >= 15 is 0 Å². The molecule has 0 fully saturated rings. The minimum absolute atomic E-state index is 0.0904. The van der Waals surface area contributed by atoms with Crippen molar-refractivity contribution in [1.82, 2.24) is 0 Å². The van der Waals surface area contributed by atoms with Crippen LogP contribution in [0.5, 0.6) is 0 Å². The fraction of sp³-hybridized carbons (Fsp3) is 0.429. The van der Waals surface area contributed by atoms with E-state index in [0.717, 1.165) is 17.3 Å². The summed E-state index contributed by atoms with van der Waals surface area (Å²) < 4.78 is 0. The quantitative estimate of drug-likeness (QED) is 0.615. The van der Waals surface area contributed by atoms with Crippen molar-refractivity contribution >= 4 is 35.5 Å². The van der Waals surface area contributed by atoms with Gasteiger partial charge in [0, 0.05) is 17.5 Å². The molecule has 0 saturated heterocycles. The van der Waals surface area contributed by atoms with Crippen molar-refractivity contribution in [1.29, 1.82) is 0 Å². The first-order chi connectivity index (χ1) is 10.0. The van der Waals surface area contributed by atoms with Crippen molar-refractivity contribution in [3.63, 3.8) is 0 Å². The molecule has 7 heteroatoms. The van der Waals surface area contributed by atoms with Gasteiger partial charge in [-0.1, -0.05) is 30.3 Å². The van der Waals surface area contributed by atoms with Gasteiger partial charge in [0.1, 0.15) is 0 Å². The fourth-order valence-corrected chi connectivity index (χ4v) is 3.74. The zero-order valence-corrected chi connectivity index (χ0v) is 12.9. The van der Waals surface area contributed by atoms with Crippen LogP contribution in [0.15, 0.2) is 30.3 Å². The van der Waals surface area contributed by atoms with Crippen molar-refractivity contribution in [2.45, 2.75) is 17.8 Å². The highest BCUT2D eigenvalue weighted by atomic mass is 32.2. The third-order valence-corrected chi connectivity index (χ3v) is 4.99. The lowest BCUT2D eigenvalue weighted by atomic mass is 10.1. The Labute approximate surface area is 131 Å². The Morgan fingerprint density at radius 3 is 2.38 bits per heavy atom. The Kier molecular flexibility index (Phi) is 8.26. The summed E-state index contributed by atoms with van der Waals surface area (Å²) in [6, 6.07) is 9.22. The molecular weight excluding hydrogens is 312 g/mol. The lowest BCUT2D eigenvalue weighted by Crippen LogP contribution is -2.27. The molecule has 1 N–H and O–H groups in total. The van der Waals surface area contributed by atoms with E-state index in [0.29, 0.717) is 5.75 Å². The highest BCUT2D eigenvalue weighted by molar-refractivity contribution is 8.00. The van der Waals surface area contributed by atoms with E-state index in [-0.39, 0.29) is 23.2 Å². The average molecular weight is 328 g/mol. The SMILES string of the molecule is O=C([O-])CCSC(c1ccccc1)C(O)CSCC(=O)[O-]. The van der Waals surface area contributed by atoms with Gasteiger partial charge in [-0.25, -0.2) is 0 Å². The molecule has 0 aromatic heterocycles. The summed E-state index contributed by atoms with van der Waals surface area (Å²) in [5, 5.41) is 30.8. The molecule has 21 heavy (non-hydrogen) atoms. The Hall–Kier alpha value is -1.18. The van der Waals surface area contributed by atoms with E-state index in [1.165, 1.54) is 11.8 Å². The number of hydrogen-bond donors (Lipinski definition) is 1. The lowest BCUT2D eigenvalue weighted by molar-refractivity contribution is -0.305. The Morgan fingerprint density at radius 1 is 1.14 bits per heavy atom. The fourth-order valence-electron chi connectivity index (χ4n) is 1.69. The van der Waals surface area contributed by atoms with E-state index in [1.54, 1.807) is 0 Å². The summed E-state index contributed by atoms with van der Waals surface area (Å²) in [5.41, 5.74) is 0.877. The second kappa shape index (κ2) is 9.70. The molecular formula is C14H16O5S2-2. The lowest BCUT2D eigenvalue weighted by Gasteiger charge is -2.23. The van der Waals surface area contributed by atoms with Crippen LogP contribution in [0.4, 0.5) is 0 Å². The Morgan fingerprint density at radius 2 is 1.81 bits per heavy atom. The summed E-state index contributed by atoms with van der Waals surface area (Å²) in [6.45, 7) is 0. The van der Waals surface area contributed by atoms with Crippen molar-refractivity contribution in [2.75, 3.05) is 17.3 Å². The standard InChI is InChI=1S/C14H18O5S2/c15-11(8-20-9-13(18)19)14(21-7-6-12(16)17)10-4-2-1-3-5-10/h1-5,11,14-15H,6-9H2,(H,16,17)(H,18,19)/p-2. The molecule has 116 valence electrons. The summed E-state index contributed by atoms with van der Waals surface area (Å²) in [7, 11) is 0. The van der Waals surface area contributed by atoms with Crippen molar-refractivity contribution in [2.24, 2.45) is 0 Å². The first kappa shape index (κ1) is 17.9. The topological polar surface area (TPSA) is 100 Å². The molecule has 0 heterocycles. The second-order valence-corrected chi connectivity index (χ2v) is 6.56. The van der Waals surface area contributed by atoms with Gasteiger partial charge < -0.3 is 24.9 Å². The maximum atomic E-state index is 10.5. The number of thioether (sulfide) groups is 2. The zero-order valence-electron chi connectivity index (χ0n) is 11.3. The smallest absolute Gasteiger partial charge is 0.0789 e. The number of aliphatic carboxylic acids is 2. The van der Waals surface area contributed by atoms with Crippen LogP contribution in [0.25, 0.3) is 0 Å².